The molecule has 0 unspecified atom stereocenters. The molecule has 10 nitrogen and oxygen atoms in total. The van der Waals surface area contributed by atoms with E-state index in [-0.39, 0.29) is 18.9 Å². The Morgan fingerprint density at radius 2 is 1.49 bits per heavy atom. The molecule has 1 fully saturated rings. The molecule has 0 radical (unpaired) electrons. The standard InChI is InChI=1S/C33H41N3O7/c1-23(2)19-27(26(31(40)43-33(3,4)5)18-12-17-24-13-8-6-9-14-24)30(39)34-36-28(37)20-35(21-29(36)38)32(41)42-22-25-15-10-7-11-16-25/h6-17,23,26-27H,18-22H2,1-5H3,(H,34,39)/t26-,27+/m0/s1. The van der Waals surface area contributed by atoms with Crippen molar-refractivity contribution in [3.63, 3.8) is 0 Å². The van der Waals surface area contributed by atoms with Crippen LogP contribution in [0.4, 0.5) is 4.79 Å². The fourth-order valence-electron chi connectivity index (χ4n) is 4.60. The summed E-state index contributed by atoms with van der Waals surface area (Å²) in [6.07, 6.45) is 3.39. The Morgan fingerprint density at radius 1 is 0.907 bits per heavy atom. The molecule has 1 aliphatic rings. The Balaban J connectivity index is 1.73. The summed E-state index contributed by atoms with van der Waals surface area (Å²) in [5.74, 6) is -4.54. The number of benzene rings is 2. The van der Waals surface area contributed by atoms with Gasteiger partial charge in [0.25, 0.3) is 11.8 Å². The van der Waals surface area contributed by atoms with Gasteiger partial charge in [0.15, 0.2) is 0 Å². The highest BCUT2D eigenvalue weighted by molar-refractivity contribution is 6.03. The number of ether oxygens (including phenoxy) is 2. The molecule has 43 heavy (non-hydrogen) atoms. The molecule has 10 heteroatoms. The molecule has 1 heterocycles. The topological polar surface area (TPSA) is 122 Å². The van der Waals surface area contributed by atoms with Crippen LogP contribution in [0.2, 0.25) is 0 Å². The van der Waals surface area contributed by atoms with Crippen molar-refractivity contribution >= 4 is 35.9 Å². The molecule has 1 N–H and O–H groups in total. The van der Waals surface area contributed by atoms with Crippen molar-refractivity contribution in [2.24, 2.45) is 17.8 Å². The van der Waals surface area contributed by atoms with Crippen LogP contribution in [0.15, 0.2) is 66.7 Å². The predicted molar refractivity (Wildman–Crippen MR) is 161 cm³/mol. The number of hydrogen-bond donors (Lipinski definition) is 1. The molecule has 3 rings (SSSR count). The summed E-state index contributed by atoms with van der Waals surface area (Å²) in [4.78, 5) is 66.4. The Morgan fingerprint density at radius 3 is 2.05 bits per heavy atom. The van der Waals surface area contributed by atoms with Crippen molar-refractivity contribution in [2.75, 3.05) is 13.1 Å². The van der Waals surface area contributed by atoms with Gasteiger partial charge < -0.3 is 9.47 Å². The highest BCUT2D eigenvalue weighted by Crippen LogP contribution is 2.28. The molecule has 2 aromatic carbocycles. The summed E-state index contributed by atoms with van der Waals surface area (Å²) in [5, 5.41) is 0.628. The van der Waals surface area contributed by atoms with Gasteiger partial charge in [0.05, 0.1) is 11.8 Å². The second-order valence-electron chi connectivity index (χ2n) is 11.9. The van der Waals surface area contributed by atoms with Crippen LogP contribution in [-0.2, 0) is 35.3 Å². The molecule has 2 aromatic rings. The lowest BCUT2D eigenvalue weighted by atomic mass is 9.82. The average Bonchev–Trinajstić information content (AvgIpc) is 2.94. The van der Waals surface area contributed by atoms with Gasteiger partial charge in [-0.15, -0.1) is 0 Å². The lowest BCUT2D eigenvalue weighted by Gasteiger charge is -2.34. The second-order valence-corrected chi connectivity index (χ2v) is 11.9. The van der Waals surface area contributed by atoms with E-state index in [9.17, 15) is 24.0 Å². The van der Waals surface area contributed by atoms with E-state index in [2.05, 4.69) is 5.43 Å². The third-order valence-electron chi connectivity index (χ3n) is 6.59. The first-order valence-electron chi connectivity index (χ1n) is 14.4. The van der Waals surface area contributed by atoms with Gasteiger partial charge in [0, 0.05) is 0 Å². The van der Waals surface area contributed by atoms with Crippen molar-refractivity contribution in [3.05, 3.63) is 77.9 Å². The van der Waals surface area contributed by atoms with Crippen molar-refractivity contribution in [1.29, 1.82) is 0 Å². The lowest BCUT2D eigenvalue weighted by Crippen LogP contribution is -2.62. The van der Waals surface area contributed by atoms with Crippen molar-refractivity contribution < 1.29 is 33.4 Å². The number of piperazine rings is 1. The van der Waals surface area contributed by atoms with E-state index in [4.69, 9.17) is 9.47 Å². The summed E-state index contributed by atoms with van der Waals surface area (Å²) >= 11 is 0. The molecular weight excluding hydrogens is 550 g/mol. The Hall–Kier alpha value is -4.47. The lowest BCUT2D eigenvalue weighted by molar-refractivity contribution is -0.166. The number of carbonyl (C=O) groups excluding carboxylic acids is 5. The second kappa shape index (κ2) is 15.1. The largest absolute Gasteiger partial charge is 0.460 e. The maximum atomic E-state index is 13.7. The van der Waals surface area contributed by atoms with Crippen LogP contribution in [0.1, 0.15) is 58.6 Å². The number of esters is 1. The summed E-state index contributed by atoms with van der Waals surface area (Å²) in [6, 6.07) is 18.6. The van der Waals surface area contributed by atoms with Crippen LogP contribution in [0.5, 0.6) is 0 Å². The smallest absolute Gasteiger partial charge is 0.411 e. The molecule has 1 aliphatic heterocycles. The predicted octanol–water partition coefficient (Wildman–Crippen LogP) is 4.75. The monoisotopic (exact) mass is 591 g/mol. The minimum atomic E-state index is -0.898. The van der Waals surface area contributed by atoms with Crippen molar-refractivity contribution in [1.82, 2.24) is 15.3 Å². The number of allylic oxidation sites excluding steroid dienone is 1. The molecule has 0 aromatic heterocycles. The number of hydrazine groups is 1. The van der Waals surface area contributed by atoms with E-state index in [0.29, 0.717) is 11.4 Å². The Kier molecular flexibility index (Phi) is 11.6. The first kappa shape index (κ1) is 33.0. The number of rotatable bonds is 11. The van der Waals surface area contributed by atoms with Crippen molar-refractivity contribution in [2.45, 2.75) is 59.7 Å². The number of nitrogens with one attached hydrogen (secondary N) is 1. The zero-order valence-electron chi connectivity index (χ0n) is 25.4. The average molecular weight is 592 g/mol. The van der Waals surface area contributed by atoms with E-state index in [1.54, 1.807) is 45.0 Å². The minimum Gasteiger partial charge on any atom is -0.460 e. The maximum Gasteiger partial charge on any atom is 0.411 e. The van der Waals surface area contributed by atoms with Gasteiger partial charge in [0.2, 0.25) is 5.91 Å². The Labute approximate surface area is 253 Å². The number of hydrogen-bond acceptors (Lipinski definition) is 7. The van der Waals surface area contributed by atoms with Crippen LogP contribution in [0, 0.1) is 17.8 Å². The molecule has 0 aliphatic carbocycles. The number of amides is 4. The van der Waals surface area contributed by atoms with Gasteiger partial charge in [0.1, 0.15) is 25.3 Å². The van der Waals surface area contributed by atoms with E-state index in [0.717, 1.165) is 16.0 Å². The molecule has 230 valence electrons. The van der Waals surface area contributed by atoms with E-state index in [1.165, 1.54) is 0 Å². The van der Waals surface area contributed by atoms with Crippen LogP contribution >= 0.6 is 0 Å². The van der Waals surface area contributed by atoms with Gasteiger partial charge in [-0.05, 0) is 50.7 Å². The highest BCUT2D eigenvalue weighted by atomic mass is 16.6. The van der Waals surface area contributed by atoms with Gasteiger partial charge in [-0.2, -0.15) is 5.01 Å². The zero-order chi connectivity index (χ0) is 31.6. The van der Waals surface area contributed by atoms with E-state index >= 15 is 0 Å². The van der Waals surface area contributed by atoms with E-state index in [1.807, 2.05) is 62.4 Å². The molecule has 0 spiro atoms. The van der Waals surface area contributed by atoms with Crippen molar-refractivity contribution in [3.8, 4) is 0 Å². The number of nitrogens with zero attached hydrogens (tertiary/aromatic N) is 2. The highest BCUT2D eigenvalue weighted by Gasteiger charge is 2.40. The Bertz CT molecular complexity index is 1280. The molecule has 1 saturated heterocycles. The normalized spacial score (nSPS) is 15.4. The fourth-order valence-corrected chi connectivity index (χ4v) is 4.60. The van der Waals surface area contributed by atoms with Gasteiger partial charge >= 0.3 is 12.1 Å². The van der Waals surface area contributed by atoms with Crippen LogP contribution < -0.4 is 5.43 Å². The maximum absolute atomic E-state index is 13.7. The van der Waals surface area contributed by atoms with Gasteiger partial charge in [-0.25, -0.2) is 4.79 Å². The SMILES string of the molecule is CC(C)C[C@@H](C(=O)NN1C(=O)CN(C(=O)OCc2ccccc2)CC1=O)[C@H](CC=Cc1ccccc1)C(=O)OC(C)(C)C. The molecular formula is C33H41N3O7. The summed E-state index contributed by atoms with van der Waals surface area (Å²) in [6.45, 7) is 8.17. The van der Waals surface area contributed by atoms with Crippen LogP contribution in [0.3, 0.4) is 0 Å². The molecule has 0 bridgehead atoms. The zero-order valence-corrected chi connectivity index (χ0v) is 25.4. The quantitative estimate of drug-likeness (QED) is 0.296. The third-order valence-corrected chi connectivity index (χ3v) is 6.59. The van der Waals surface area contributed by atoms with Crippen LogP contribution in [-0.4, -0.2) is 58.4 Å². The first-order chi connectivity index (χ1) is 20.3. The summed E-state index contributed by atoms with van der Waals surface area (Å²) in [7, 11) is 0. The first-order valence-corrected chi connectivity index (χ1v) is 14.4. The van der Waals surface area contributed by atoms with Gasteiger partial charge in [-0.1, -0.05) is 86.7 Å². The third kappa shape index (κ3) is 10.4. The number of imide groups is 1. The van der Waals surface area contributed by atoms with Crippen LogP contribution in [0.25, 0.3) is 6.08 Å². The fraction of sp³-hybridized carbons (Fsp3) is 0.424. The van der Waals surface area contributed by atoms with Gasteiger partial charge in [-0.3, -0.25) is 29.5 Å². The molecule has 4 amide bonds. The molecule has 2 atom stereocenters. The molecule has 0 saturated carbocycles. The summed E-state index contributed by atoms with van der Waals surface area (Å²) < 4.78 is 10.9. The van der Waals surface area contributed by atoms with E-state index < -0.39 is 60.3 Å². The number of carbonyl (C=O) groups is 5. The summed E-state index contributed by atoms with van der Waals surface area (Å²) in [5.41, 5.74) is 3.34. The minimum absolute atomic E-state index is 0.0132.